The van der Waals surface area contributed by atoms with Gasteiger partial charge >= 0.3 is 0 Å². The molecular weight excluding hydrogens is 338 g/mol. The molecule has 7 heteroatoms. The Morgan fingerprint density at radius 3 is 2.72 bits per heavy atom. The van der Waals surface area contributed by atoms with Gasteiger partial charge in [-0.25, -0.2) is 13.1 Å². The number of carbonyl (C=O) groups excluding carboxylic acids is 1. The molecule has 2 aromatic rings. The Balaban J connectivity index is 1.42. The predicted octanol–water partition coefficient (Wildman–Crippen LogP) is 1.70. The molecule has 4 rings (SSSR count). The van der Waals surface area contributed by atoms with Gasteiger partial charge in [0, 0.05) is 18.3 Å². The van der Waals surface area contributed by atoms with Gasteiger partial charge in [0.05, 0.1) is 29.3 Å². The summed E-state index contributed by atoms with van der Waals surface area (Å²) in [7, 11) is -3.10. The molecule has 0 radical (unpaired) electrons. The molecule has 6 nitrogen and oxygen atoms in total. The van der Waals surface area contributed by atoms with Crippen LogP contribution in [0, 0.1) is 11.3 Å². The Labute approximate surface area is 147 Å². The Kier molecular flexibility index (Phi) is 3.91. The number of carbonyl (C=O) groups is 1. The molecule has 1 aliphatic heterocycles. The lowest BCUT2D eigenvalue weighted by molar-refractivity contribution is -0.129. The third-order valence-electron chi connectivity index (χ3n) is 5.46. The minimum atomic E-state index is -3.10. The van der Waals surface area contributed by atoms with Gasteiger partial charge in [-0.2, -0.15) is 5.10 Å². The molecule has 1 spiro atoms. The average Bonchev–Trinajstić information content (AvgIpc) is 3.15. The van der Waals surface area contributed by atoms with Crippen molar-refractivity contribution in [3.05, 3.63) is 48.3 Å². The van der Waals surface area contributed by atoms with Crippen molar-refractivity contribution in [2.45, 2.75) is 25.8 Å². The van der Waals surface area contributed by atoms with Gasteiger partial charge in [0.15, 0.2) is 9.84 Å². The molecule has 1 unspecified atom stereocenters. The van der Waals surface area contributed by atoms with Gasteiger partial charge in [0.25, 0.3) is 0 Å². The maximum Gasteiger partial charge on any atom is 0.225 e. The van der Waals surface area contributed by atoms with E-state index in [0.29, 0.717) is 6.54 Å². The third-order valence-corrected chi connectivity index (χ3v) is 7.31. The van der Waals surface area contributed by atoms with E-state index in [1.54, 1.807) is 10.9 Å². The topological polar surface area (TPSA) is 81.1 Å². The first-order valence-electron chi connectivity index (χ1n) is 8.55. The van der Waals surface area contributed by atoms with Crippen LogP contribution in [0.15, 0.2) is 42.7 Å². The van der Waals surface area contributed by atoms with E-state index in [2.05, 4.69) is 10.4 Å². The summed E-state index contributed by atoms with van der Waals surface area (Å²) in [4.78, 5) is 12.6. The van der Waals surface area contributed by atoms with Crippen molar-refractivity contribution in [3.63, 3.8) is 0 Å². The van der Waals surface area contributed by atoms with Crippen LogP contribution >= 0.6 is 0 Å². The lowest BCUT2D eigenvalue weighted by atomic mass is 9.63. The number of aromatic nitrogens is 2. The van der Waals surface area contributed by atoms with Gasteiger partial charge in [-0.3, -0.25) is 4.79 Å². The lowest BCUT2D eigenvalue weighted by Gasteiger charge is -2.41. The average molecular weight is 359 g/mol. The fraction of sp³-hybridized carbons (Fsp3) is 0.444. The maximum absolute atomic E-state index is 12.6. The summed E-state index contributed by atoms with van der Waals surface area (Å²) in [5.74, 6) is -0.393. The van der Waals surface area contributed by atoms with E-state index in [1.807, 2.05) is 36.5 Å². The lowest BCUT2D eigenvalue weighted by Crippen LogP contribution is -2.45. The van der Waals surface area contributed by atoms with E-state index in [9.17, 15) is 13.2 Å². The van der Waals surface area contributed by atoms with E-state index in [-0.39, 0.29) is 22.8 Å². The van der Waals surface area contributed by atoms with Crippen molar-refractivity contribution in [3.8, 4) is 5.69 Å². The summed E-state index contributed by atoms with van der Waals surface area (Å²) in [6.07, 6.45) is 6.30. The van der Waals surface area contributed by atoms with Crippen LogP contribution in [0.4, 0.5) is 0 Å². The third kappa shape index (κ3) is 3.08. The Bertz CT molecular complexity index is 885. The number of amides is 1. The Morgan fingerprint density at radius 2 is 2.04 bits per heavy atom. The van der Waals surface area contributed by atoms with Gasteiger partial charge in [-0.1, -0.05) is 24.6 Å². The Morgan fingerprint density at radius 1 is 1.28 bits per heavy atom. The molecule has 1 N–H and O–H groups in total. The fourth-order valence-corrected chi connectivity index (χ4v) is 6.49. The number of nitrogens with one attached hydrogen (secondary N) is 1. The smallest absolute Gasteiger partial charge is 0.225 e. The SMILES string of the molecule is O=C(NCc1cnn(-c2ccccc2)c1)C1CS(=O)(=O)CC12CCC2. The van der Waals surface area contributed by atoms with Gasteiger partial charge in [-0.15, -0.1) is 0 Å². The van der Waals surface area contributed by atoms with Gasteiger partial charge < -0.3 is 5.32 Å². The zero-order valence-electron chi connectivity index (χ0n) is 13.9. The quantitative estimate of drug-likeness (QED) is 0.901. The molecule has 1 aromatic carbocycles. The molecule has 2 fully saturated rings. The highest BCUT2D eigenvalue weighted by molar-refractivity contribution is 7.91. The van der Waals surface area contributed by atoms with E-state index >= 15 is 0 Å². The second-order valence-corrected chi connectivity index (χ2v) is 9.28. The van der Waals surface area contributed by atoms with Crippen LogP contribution in [0.5, 0.6) is 0 Å². The second kappa shape index (κ2) is 5.98. The van der Waals surface area contributed by atoms with Crippen molar-refractivity contribution in [2.24, 2.45) is 11.3 Å². The summed E-state index contributed by atoms with van der Waals surface area (Å²) in [5.41, 5.74) is 1.54. The van der Waals surface area contributed by atoms with Crippen molar-refractivity contribution in [1.82, 2.24) is 15.1 Å². The normalized spacial score (nSPS) is 23.3. The van der Waals surface area contributed by atoms with Crippen molar-refractivity contribution < 1.29 is 13.2 Å². The molecule has 2 heterocycles. The zero-order chi connectivity index (χ0) is 17.5. The van der Waals surface area contributed by atoms with Crippen molar-refractivity contribution in [1.29, 1.82) is 0 Å². The summed E-state index contributed by atoms with van der Waals surface area (Å²) < 4.78 is 25.7. The number of benzene rings is 1. The van der Waals surface area contributed by atoms with E-state index in [1.165, 1.54) is 0 Å². The number of hydrogen-bond donors (Lipinski definition) is 1. The highest BCUT2D eigenvalue weighted by Crippen LogP contribution is 2.52. The number of hydrogen-bond acceptors (Lipinski definition) is 4. The minimum absolute atomic E-state index is 0.0118. The summed E-state index contributed by atoms with van der Waals surface area (Å²) >= 11 is 0. The second-order valence-electron chi connectivity index (χ2n) is 7.17. The molecule has 25 heavy (non-hydrogen) atoms. The predicted molar refractivity (Wildman–Crippen MR) is 93.8 cm³/mol. The van der Waals surface area contributed by atoms with Crippen LogP contribution in [0.3, 0.4) is 0 Å². The van der Waals surface area contributed by atoms with E-state index in [4.69, 9.17) is 0 Å². The summed E-state index contributed by atoms with van der Waals surface area (Å²) in [5, 5.41) is 7.22. The van der Waals surface area contributed by atoms with Crippen molar-refractivity contribution in [2.75, 3.05) is 11.5 Å². The first-order chi connectivity index (χ1) is 12.0. The van der Waals surface area contributed by atoms with Crippen LogP contribution in [0.2, 0.25) is 0 Å². The van der Waals surface area contributed by atoms with Crippen LogP contribution < -0.4 is 5.32 Å². The number of sulfone groups is 1. The molecule has 1 saturated carbocycles. The Hall–Kier alpha value is -2.15. The number of para-hydroxylation sites is 1. The van der Waals surface area contributed by atoms with Crippen LogP contribution in [0.25, 0.3) is 5.69 Å². The molecule has 1 aliphatic carbocycles. The molecule has 2 aliphatic rings. The maximum atomic E-state index is 12.6. The van der Waals surface area contributed by atoms with Gasteiger partial charge in [0.2, 0.25) is 5.91 Å². The fourth-order valence-electron chi connectivity index (χ4n) is 3.99. The first kappa shape index (κ1) is 16.3. The standard InChI is InChI=1S/C18H21N3O3S/c22-17(16-12-25(23,24)13-18(16)7-4-8-18)19-9-14-10-20-21(11-14)15-5-2-1-3-6-15/h1-3,5-6,10-11,16H,4,7-9,12-13H2,(H,19,22). The molecule has 0 bridgehead atoms. The molecule has 1 amide bonds. The number of rotatable bonds is 4. The highest BCUT2D eigenvalue weighted by Gasteiger charge is 2.56. The van der Waals surface area contributed by atoms with Crippen LogP contribution in [0.1, 0.15) is 24.8 Å². The summed E-state index contributed by atoms with van der Waals surface area (Å²) in [6, 6.07) is 9.74. The van der Waals surface area contributed by atoms with Crippen LogP contribution in [-0.2, 0) is 21.2 Å². The number of nitrogens with zero attached hydrogens (tertiary/aromatic N) is 2. The van der Waals surface area contributed by atoms with Crippen LogP contribution in [-0.4, -0.2) is 35.6 Å². The van der Waals surface area contributed by atoms with Gasteiger partial charge in [-0.05, 0) is 30.4 Å². The molecule has 1 aromatic heterocycles. The van der Waals surface area contributed by atoms with Gasteiger partial charge in [0.1, 0.15) is 0 Å². The molecule has 132 valence electrons. The molecule has 1 saturated heterocycles. The summed E-state index contributed by atoms with van der Waals surface area (Å²) in [6.45, 7) is 0.359. The highest BCUT2D eigenvalue weighted by atomic mass is 32.2. The zero-order valence-corrected chi connectivity index (χ0v) is 14.7. The first-order valence-corrected chi connectivity index (χ1v) is 10.4. The monoisotopic (exact) mass is 359 g/mol. The minimum Gasteiger partial charge on any atom is -0.352 e. The van der Waals surface area contributed by atoms with E-state index in [0.717, 1.165) is 30.5 Å². The molecule has 1 atom stereocenters. The van der Waals surface area contributed by atoms with Crippen molar-refractivity contribution >= 4 is 15.7 Å². The molecular formula is C18H21N3O3S. The van der Waals surface area contributed by atoms with E-state index < -0.39 is 15.8 Å². The largest absolute Gasteiger partial charge is 0.352 e.